The molecule has 1 aliphatic carbocycles. The van der Waals surface area contributed by atoms with Crippen molar-refractivity contribution in [3.63, 3.8) is 0 Å². The second kappa shape index (κ2) is 9.42. The number of carbonyl (C=O) groups is 1. The van der Waals surface area contributed by atoms with Gasteiger partial charge in [-0.05, 0) is 25.2 Å². The molecule has 6 heteroatoms. The Labute approximate surface area is 156 Å². The van der Waals surface area contributed by atoms with E-state index in [1.807, 2.05) is 4.90 Å². The molecule has 0 spiro atoms. The Balaban J connectivity index is 1.42. The zero-order chi connectivity index (χ0) is 18.2. The normalized spacial score (nSPS) is 24.8. The monoisotopic (exact) mass is 360 g/mol. The van der Waals surface area contributed by atoms with Crippen molar-refractivity contribution in [3.8, 4) is 0 Å². The number of hydrogen-bond donors (Lipinski definition) is 2. The lowest BCUT2D eigenvalue weighted by Crippen LogP contribution is -2.58. The summed E-state index contributed by atoms with van der Waals surface area (Å²) in [5.41, 5.74) is -0.344. The van der Waals surface area contributed by atoms with Crippen LogP contribution in [0.4, 0.5) is 0 Å². The number of carbonyl (C=O) groups excluding carboxylic acids is 1. The lowest BCUT2D eigenvalue weighted by Gasteiger charge is -2.39. The molecule has 1 aromatic heterocycles. The molecule has 0 aromatic carbocycles. The van der Waals surface area contributed by atoms with Crippen LogP contribution < -0.4 is 5.32 Å². The third-order valence-corrected chi connectivity index (χ3v) is 5.83. The summed E-state index contributed by atoms with van der Waals surface area (Å²) in [6, 6.07) is 0. The molecule has 3 rings (SSSR count). The predicted molar refractivity (Wildman–Crippen MR) is 101 cm³/mol. The molecule has 0 bridgehead atoms. The highest BCUT2D eigenvalue weighted by Gasteiger charge is 2.41. The minimum absolute atomic E-state index is 0.0911. The van der Waals surface area contributed by atoms with Crippen LogP contribution in [0.5, 0.6) is 0 Å². The fourth-order valence-corrected chi connectivity index (χ4v) is 4.23. The number of amides is 1. The van der Waals surface area contributed by atoms with Gasteiger partial charge < -0.3 is 15.3 Å². The summed E-state index contributed by atoms with van der Waals surface area (Å²) in [5, 5.41) is 14.1. The first-order chi connectivity index (χ1) is 12.7. The Morgan fingerprint density at radius 3 is 2.85 bits per heavy atom. The number of piperidine rings is 1. The highest BCUT2D eigenvalue weighted by atomic mass is 16.3. The summed E-state index contributed by atoms with van der Waals surface area (Å²) in [6.45, 7) is 2.57. The van der Waals surface area contributed by atoms with Gasteiger partial charge in [0.1, 0.15) is 0 Å². The maximum atomic E-state index is 12.8. The minimum Gasteiger partial charge on any atom is -0.379 e. The number of nitrogens with one attached hydrogen (secondary N) is 1. The number of rotatable bonds is 8. The molecule has 2 fully saturated rings. The number of aliphatic hydroxyl groups is 1. The van der Waals surface area contributed by atoms with E-state index in [2.05, 4.69) is 15.3 Å². The standard InChI is InChI=1S/C20H32N4O2/c25-19-20(26,16-22-10-7-18-15-21-11-12-23-18)9-4-13-24(19)14-8-17-5-2-1-3-6-17/h11-12,15,17,22,26H,1-10,13-14,16H2/t20-/m0/s1. The summed E-state index contributed by atoms with van der Waals surface area (Å²) >= 11 is 0. The molecule has 1 amide bonds. The number of aromatic nitrogens is 2. The first-order valence-electron chi connectivity index (χ1n) is 10.1. The number of likely N-dealkylation sites (tertiary alicyclic amines) is 1. The van der Waals surface area contributed by atoms with Crippen LogP contribution in [0, 0.1) is 5.92 Å². The molecular formula is C20H32N4O2. The Morgan fingerprint density at radius 1 is 1.23 bits per heavy atom. The quantitative estimate of drug-likeness (QED) is 0.693. The van der Waals surface area contributed by atoms with Crippen LogP contribution in [0.2, 0.25) is 0 Å². The van der Waals surface area contributed by atoms with E-state index in [0.29, 0.717) is 19.5 Å². The second-order valence-electron chi connectivity index (χ2n) is 7.84. The highest BCUT2D eigenvalue weighted by Crippen LogP contribution is 2.28. The summed E-state index contributed by atoms with van der Waals surface area (Å²) < 4.78 is 0. The van der Waals surface area contributed by atoms with Crippen molar-refractivity contribution in [3.05, 3.63) is 24.3 Å². The fraction of sp³-hybridized carbons (Fsp3) is 0.750. The van der Waals surface area contributed by atoms with Crippen LogP contribution in [0.1, 0.15) is 57.1 Å². The smallest absolute Gasteiger partial charge is 0.255 e. The maximum Gasteiger partial charge on any atom is 0.255 e. The van der Waals surface area contributed by atoms with Crippen molar-refractivity contribution in [1.29, 1.82) is 0 Å². The third kappa shape index (κ3) is 5.24. The molecule has 1 aliphatic heterocycles. The Morgan fingerprint density at radius 2 is 2.08 bits per heavy atom. The van der Waals surface area contributed by atoms with Crippen LogP contribution in [-0.4, -0.2) is 57.7 Å². The van der Waals surface area contributed by atoms with Crippen molar-refractivity contribution in [2.24, 2.45) is 5.92 Å². The number of hydrogen-bond acceptors (Lipinski definition) is 5. The van der Waals surface area contributed by atoms with Crippen molar-refractivity contribution >= 4 is 5.91 Å². The zero-order valence-electron chi connectivity index (χ0n) is 15.7. The molecule has 2 aliphatic rings. The van der Waals surface area contributed by atoms with E-state index >= 15 is 0 Å². The van der Waals surface area contributed by atoms with Gasteiger partial charge >= 0.3 is 0 Å². The molecule has 1 atom stereocenters. The molecule has 26 heavy (non-hydrogen) atoms. The Hall–Kier alpha value is -1.53. The van der Waals surface area contributed by atoms with Crippen LogP contribution in [0.15, 0.2) is 18.6 Å². The first kappa shape index (κ1) is 19.2. The van der Waals surface area contributed by atoms with Crippen LogP contribution in [-0.2, 0) is 11.2 Å². The van der Waals surface area contributed by atoms with Crippen LogP contribution >= 0.6 is 0 Å². The van der Waals surface area contributed by atoms with Gasteiger partial charge in [-0.1, -0.05) is 32.1 Å². The first-order valence-corrected chi connectivity index (χ1v) is 10.1. The minimum atomic E-state index is -1.26. The van der Waals surface area contributed by atoms with Gasteiger partial charge in [-0.3, -0.25) is 14.8 Å². The fourth-order valence-electron chi connectivity index (χ4n) is 4.23. The van der Waals surface area contributed by atoms with Gasteiger partial charge in [-0.2, -0.15) is 0 Å². The maximum absolute atomic E-state index is 12.8. The summed E-state index contributed by atoms with van der Waals surface area (Å²) in [4.78, 5) is 23.0. The third-order valence-electron chi connectivity index (χ3n) is 5.83. The van der Waals surface area contributed by atoms with Gasteiger partial charge in [0, 0.05) is 51.2 Å². The van der Waals surface area contributed by atoms with Gasteiger partial charge in [-0.25, -0.2) is 0 Å². The molecule has 1 saturated carbocycles. The second-order valence-corrected chi connectivity index (χ2v) is 7.84. The van der Waals surface area contributed by atoms with Crippen LogP contribution in [0.25, 0.3) is 0 Å². The molecule has 2 heterocycles. The average Bonchev–Trinajstić information content (AvgIpc) is 2.68. The summed E-state index contributed by atoms with van der Waals surface area (Å²) in [6.07, 6.45) is 14.9. The van der Waals surface area contributed by atoms with E-state index in [9.17, 15) is 9.90 Å². The van der Waals surface area contributed by atoms with Gasteiger partial charge in [-0.15, -0.1) is 0 Å². The number of nitrogens with zero attached hydrogens (tertiary/aromatic N) is 3. The van der Waals surface area contributed by atoms with Gasteiger partial charge in [0.25, 0.3) is 5.91 Å². The Bertz CT molecular complexity index is 562. The van der Waals surface area contributed by atoms with Gasteiger partial charge in [0.2, 0.25) is 0 Å². The molecule has 0 unspecified atom stereocenters. The molecule has 144 valence electrons. The lowest BCUT2D eigenvalue weighted by atomic mass is 9.86. The molecular weight excluding hydrogens is 328 g/mol. The van der Waals surface area contributed by atoms with Crippen molar-refractivity contribution in [2.45, 2.75) is 63.4 Å². The summed E-state index contributed by atoms with van der Waals surface area (Å²) in [5.74, 6) is 0.670. The largest absolute Gasteiger partial charge is 0.379 e. The molecule has 1 aromatic rings. The van der Waals surface area contributed by atoms with E-state index in [0.717, 1.165) is 44.0 Å². The molecule has 0 radical (unpaired) electrons. The van der Waals surface area contributed by atoms with E-state index < -0.39 is 5.60 Å². The van der Waals surface area contributed by atoms with E-state index in [-0.39, 0.29) is 5.91 Å². The van der Waals surface area contributed by atoms with Gasteiger partial charge in [0.05, 0.1) is 5.69 Å². The Kier molecular flexibility index (Phi) is 6.97. The highest BCUT2D eigenvalue weighted by molar-refractivity contribution is 5.86. The van der Waals surface area contributed by atoms with Crippen molar-refractivity contribution < 1.29 is 9.90 Å². The molecule has 1 saturated heterocycles. The summed E-state index contributed by atoms with van der Waals surface area (Å²) in [7, 11) is 0. The lowest BCUT2D eigenvalue weighted by molar-refractivity contribution is -0.156. The topological polar surface area (TPSA) is 78.4 Å². The predicted octanol–water partition coefficient (Wildman–Crippen LogP) is 1.93. The van der Waals surface area contributed by atoms with E-state index in [4.69, 9.17) is 0 Å². The van der Waals surface area contributed by atoms with E-state index in [1.165, 1.54) is 32.1 Å². The SMILES string of the molecule is O=C1N(CCC2CCCCC2)CCC[C@]1(O)CNCCc1cnccn1. The van der Waals surface area contributed by atoms with Gasteiger partial charge in [0.15, 0.2) is 5.60 Å². The van der Waals surface area contributed by atoms with Crippen LogP contribution in [0.3, 0.4) is 0 Å². The van der Waals surface area contributed by atoms with E-state index in [1.54, 1.807) is 18.6 Å². The molecule has 6 nitrogen and oxygen atoms in total. The molecule has 2 N–H and O–H groups in total. The zero-order valence-corrected chi connectivity index (χ0v) is 15.7. The van der Waals surface area contributed by atoms with Crippen molar-refractivity contribution in [1.82, 2.24) is 20.2 Å². The van der Waals surface area contributed by atoms with Crippen molar-refractivity contribution in [2.75, 3.05) is 26.2 Å². The average molecular weight is 361 g/mol.